The van der Waals surface area contributed by atoms with Crippen LogP contribution in [-0.4, -0.2) is 25.9 Å². The van der Waals surface area contributed by atoms with Crippen molar-refractivity contribution in [2.75, 3.05) is 5.75 Å². The first-order valence-corrected chi connectivity index (χ1v) is 7.04. The number of carbonyl (C=O) groups excluding carboxylic acids is 2. The van der Waals surface area contributed by atoms with E-state index in [2.05, 4.69) is 0 Å². The number of Topliss-reactive ketones (excluding diaryl/α,β-unsaturated/α-hetero) is 1. The number of hydrogen-bond donors (Lipinski definition) is 1. The molecule has 2 N–H and O–H groups in total. The highest BCUT2D eigenvalue weighted by molar-refractivity contribution is 7.92. The molecule has 0 atom stereocenters. The molecule has 0 fully saturated rings. The van der Waals surface area contributed by atoms with Crippen LogP contribution in [0.4, 0.5) is 0 Å². The normalized spacial score (nSPS) is 11.5. The van der Waals surface area contributed by atoms with Gasteiger partial charge in [-0.05, 0) is 12.1 Å². The van der Waals surface area contributed by atoms with Crippen molar-refractivity contribution >= 4 is 21.5 Å². The van der Waals surface area contributed by atoms with Gasteiger partial charge in [-0.15, -0.1) is 0 Å². The van der Waals surface area contributed by atoms with Gasteiger partial charge in [-0.1, -0.05) is 26.0 Å². The van der Waals surface area contributed by atoms with Gasteiger partial charge < -0.3 is 5.73 Å². The average Bonchev–Trinajstić information content (AvgIpc) is 2.26. The van der Waals surface area contributed by atoms with Crippen LogP contribution in [0, 0.1) is 5.92 Å². The molecular formula is C12H15NO4S. The Morgan fingerprint density at radius 3 is 2.06 bits per heavy atom. The molecule has 0 unspecified atom stereocenters. The summed E-state index contributed by atoms with van der Waals surface area (Å²) in [5.41, 5.74) is 5.31. The molecule has 98 valence electrons. The molecule has 0 saturated carbocycles. The molecule has 1 amide bonds. The number of primary amides is 1. The van der Waals surface area contributed by atoms with Crippen molar-refractivity contribution in [2.24, 2.45) is 11.7 Å². The highest BCUT2D eigenvalue weighted by Gasteiger charge is 2.18. The van der Waals surface area contributed by atoms with Crippen molar-refractivity contribution in [2.45, 2.75) is 18.7 Å². The summed E-state index contributed by atoms with van der Waals surface area (Å²) in [4.78, 5) is 22.3. The van der Waals surface area contributed by atoms with Crippen LogP contribution >= 0.6 is 0 Å². The predicted molar refractivity (Wildman–Crippen MR) is 66.9 cm³/mol. The third-order valence-corrected chi connectivity index (χ3v) is 4.01. The fourth-order valence-corrected chi connectivity index (χ4v) is 2.52. The van der Waals surface area contributed by atoms with Crippen molar-refractivity contribution in [1.82, 2.24) is 0 Å². The Kier molecular flexibility index (Phi) is 4.24. The molecule has 1 rings (SSSR count). The summed E-state index contributed by atoms with van der Waals surface area (Å²) >= 11 is 0. The first kappa shape index (κ1) is 14.4. The largest absolute Gasteiger partial charge is 0.369 e. The van der Waals surface area contributed by atoms with Crippen molar-refractivity contribution in [3.05, 3.63) is 29.8 Å². The third-order valence-electron chi connectivity index (χ3n) is 2.35. The van der Waals surface area contributed by atoms with Crippen LogP contribution in [0.1, 0.15) is 24.2 Å². The summed E-state index contributed by atoms with van der Waals surface area (Å²) in [6.45, 7) is 3.53. The Morgan fingerprint density at radius 2 is 1.67 bits per heavy atom. The molecule has 0 radical (unpaired) electrons. The van der Waals surface area contributed by atoms with Crippen LogP contribution in [-0.2, 0) is 14.6 Å². The van der Waals surface area contributed by atoms with E-state index in [-0.39, 0.29) is 16.6 Å². The number of carbonyl (C=O) groups is 2. The van der Waals surface area contributed by atoms with Crippen molar-refractivity contribution in [3.63, 3.8) is 0 Å². The van der Waals surface area contributed by atoms with Crippen LogP contribution in [0.15, 0.2) is 29.2 Å². The van der Waals surface area contributed by atoms with E-state index in [0.717, 1.165) is 0 Å². The minimum absolute atomic E-state index is 0.0124. The second-order valence-electron chi connectivity index (χ2n) is 4.27. The van der Waals surface area contributed by atoms with Crippen molar-refractivity contribution < 1.29 is 18.0 Å². The summed E-state index contributed by atoms with van der Waals surface area (Å²) in [5.74, 6) is -1.85. The number of rotatable bonds is 5. The molecule has 1 aromatic rings. The fraction of sp³-hybridized carbons (Fsp3) is 0.333. The SMILES string of the molecule is CC(C)C(=O)c1ccc(S(=O)(=O)CC(N)=O)cc1. The Labute approximate surface area is 106 Å². The molecule has 6 heteroatoms. The quantitative estimate of drug-likeness (QED) is 0.799. The number of hydrogen-bond acceptors (Lipinski definition) is 4. The molecular weight excluding hydrogens is 254 g/mol. The number of benzene rings is 1. The molecule has 18 heavy (non-hydrogen) atoms. The first-order chi connectivity index (χ1) is 8.24. The zero-order valence-electron chi connectivity index (χ0n) is 10.2. The number of amides is 1. The van der Waals surface area contributed by atoms with Crippen LogP contribution in [0.25, 0.3) is 0 Å². The topological polar surface area (TPSA) is 94.3 Å². The van der Waals surface area contributed by atoms with E-state index in [0.29, 0.717) is 5.56 Å². The van der Waals surface area contributed by atoms with Gasteiger partial charge in [0.25, 0.3) is 0 Å². The summed E-state index contributed by atoms with van der Waals surface area (Å²) in [5, 5.41) is 0. The fourth-order valence-electron chi connectivity index (χ4n) is 1.43. The monoisotopic (exact) mass is 269 g/mol. The summed E-state index contributed by atoms with van der Waals surface area (Å²) in [7, 11) is -3.71. The standard InChI is InChI=1S/C12H15NO4S/c1-8(2)12(15)9-3-5-10(6-4-9)18(16,17)7-11(13)14/h3-6,8H,7H2,1-2H3,(H2,13,14). The molecule has 0 bridgehead atoms. The van der Waals surface area contributed by atoms with E-state index in [9.17, 15) is 18.0 Å². The highest BCUT2D eigenvalue weighted by Crippen LogP contribution is 2.14. The second-order valence-corrected chi connectivity index (χ2v) is 6.26. The molecule has 0 saturated heterocycles. The van der Waals surface area contributed by atoms with Crippen LogP contribution in [0.2, 0.25) is 0 Å². The second kappa shape index (κ2) is 5.30. The lowest BCUT2D eigenvalue weighted by atomic mass is 10.0. The molecule has 0 spiro atoms. The van der Waals surface area contributed by atoms with Crippen LogP contribution in [0.3, 0.4) is 0 Å². The number of sulfone groups is 1. The molecule has 0 aromatic heterocycles. The van der Waals surface area contributed by atoms with Gasteiger partial charge in [-0.3, -0.25) is 9.59 Å². The van der Waals surface area contributed by atoms with E-state index >= 15 is 0 Å². The summed E-state index contributed by atoms with van der Waals surface area (Å²) in [6, 6.07) is 5.51. The zero-order valence-corrected chi connectivity index (χ0v) is 11.0. The van der Waals surface area contributed by atoms with Gasteiger partial charge in [0.1, 0.15) is 5.75 Å². The molecule has 0 heterocycles. The van der Waals surface area contributed by atoms with Gasteiger partial charge in [0.05, 0.1) is 4.90 Å². The minimum Gasteiger partial charge on any atom is -0.369 e. The smallest absolute Gasteiger partial charge is 0.233 e. The lowest BCUT2D eigenvalue weighted by Gasteiger charge is -2.06. The van der Waals surface area contributed by atoms with E-state index in [1.807, 2.05) is 0 Å². The minimum atomic E-state index is -3.71. The number of ketones is 1. The lowest BCUT2D eigenvalue weighted by Crippen LogP contribution is -2.23. The highest BCUT2D eigenvalue weighted by atomic mass is 32.2. The molecule has 5 nitrogen and oxygen atoms in total. The molecule has 0 aliphatic rings. The maximum atomic E-state index is 11.7. The Hall–Kier alpha value is -1.69. The van der Waals surface area contributed by atoms with E-state index < -0.39 is 21.5 Å². The van der Waals surface area contributed by atoms with Gasteiger partial charge in [0.15, 0.2) is 15.6 Å². The summed E-state index contributed by atoms with van der Waals surface area (Å²) < 4.78 is 23.3. The first-order valence-electron chi connectivity index (χ1n) is 5.39. The Balaban J connectivity index is 3.03. The lowest BCUT2D eigenvalue weighted by molar-refractivity contribution is -0.115. The van der Waals surface area contributed by atoms with Crippen LogP contribution < -0.4 is 5.73 Å². The van der Waals surface area contributed by atoms with Crippen molar-refractivity contribution in [1.29, 1.82) is 0 Å². The van der Waals surface area contributed by atoms with Crippen LogP contribution in [0.5, 0.6) is 0 Å². The average molecular weight is 269 g/mol. The van der Waals surface area contributed by atoms with Crippen molar-refractivity contribution in [3.8, 4) is 0 Å². The van der Waals surface area contributed by atoms with Gasteiger partial charge in [0, 0.05) is 11.5 Å². The van der Waals surface area contributed by atoms with Gasteiger partial charge >= 0.3 is 0 Å². The third kappa shape index (κ3) is 3.40. The predicted octanol–water partition coefficient (Wildman–Crippen LogP) is 0.784. The number of nitrogens with two attached hydrogens (primary N) is 1. The van der Waals surface area contributed by atoms with E-state index in [4.69, 9.17) is 5.73 Å². The van der Waals surface area contributed by atoms with E-state index in [1.54, 1.807) is 13.8 Å². The molecule has 0 aliphatic heterocycles. The zero-order chi connectivity index (χ0) is 13.9. The maximum Gasteiger partial charge on any atom is 0.233 e. The van der Waals surface area contributed by atoms with Gasteiger partial charge in [-0.2, -0.15) is 0 Å². The Morgan fingerprint density at radius 1 is 1.17 bits per heavy atom. The van der Waals surface area contributed by atoms with E-state index in [1.165, 1.54) is 24.3 Å². The maximum absolute atomic E-state index is 11.7. The molecule has 0 aliphatic carbocycles. The molecule has 1 aromatic carbocycles. The van der Waals surface area contributed by atoms with Gasteiger partial charge in [0.2, 0.25) is 5.91 Å². The summed E-state index contributed by atoms with van der Waals surface area (Å²) in [6.07, 6.45) is 0. The van der Waals surface area contributed by atoms with Gasteiger partial charge in [-0.25, -0.2) is 8.42 Å². The Bertz CT molecular complexity index is 558.